The lowest BCUT2D eigenvalue weighted by Gasteiger charge is -2.43. The van der Waals surface area contributed by atoms with Crippen LogP contribution >= 0.6 is 0 Å². The van der Waals surface area contributed by atoms with Gasteiger partial charge >= 0.3 is 6.09 Å². The van der Waals surface area contributed by atoms with E-state index in [0.717, 1.165) is 18.4 Å². The number of carbonyl (C=O) groups is 3. The second kappa shape index (κ2) is 10.4. The van der Waals surface area contributed by atoms with E-state index in [4.69, 9.17) is 9.47 Å². The fourth-order valence-corrected chi connectivity index (χ4v) is 4.28. The first-order valence-corrected chi connectivity index (χ1v) is 10.4. The second-order valence-corrected chi connectivity index (χ2v) is 7.78. The van der Waals surface area contributed by atoms with Gasteiger partial charge in [-0.1, -0.05) is 30.3 Å². The van der Waals surface area contributed by atoms with E-state index in [0.29, 0.717) is 38.8 Å². The Balaban J connectivity index is 1.55. The highest BCUT2D eigenvalue weighted by Crippen LogP contribution is 2.27. The molecule has 1 aromatic carbocycles. The van der Waals surface area contributed by atoms with Crippen molar-refractivity contribution < 1.29 is 23.9 Å². The van der Waals surface area contributed by atoms with Crippen molar-refractivity contribution in [3.05, 3.63) is 35.9 Å². The largest absolute Gasteiger partial charge is 0.445 e. The average molecular weight is 402 g/mol. The molecule has 0 bridgehead atoms. The molecule has 29 heavy (non-hydrogen) atoms. The first-order chi connectivity index (χ1) is 14.1. The molecule has 0 radical (unpaired) electrons. The summed E-state index contributed by atoms with van der Waals surface area (Å²) in [4.78, 5) is 40.6. The van der Waals surface area contributed by atoms with Gasteiger partial charge in [-0.2, -0.15) is 0 Å². The summed E-state index contributed by atoms with van der Waals surface area (Å²) in [5.74, 6) is 0.149. The molecule has 1 saturated heterocycles. The van der Waals surface area contributed by atoms with Crippen molar-refractivity contribution in [3.8, 4) is 0 Å². The van der Waals surface area contributed by atoms with Crippen molar-refractivity contribution in [1.29, 1.82) is 0 Å². The summed E-state index contributed by atoms with van der Waals surface area (Å²) >= 11 is 0. The van der Waals surface area contributed by atoms with E-state index in [2.05, 4.69) is 0 Å². The number of carbonyl (C=O) groups excluding carboxylic acids is 3. The fraction of sp³-hybridized carbons (Fsp3) is 0.591. The molecule has 0 unspecified atom stereocenters. The van der Waals surface area contributed by atoms with Crippen molar-refractivity contribution in [2.45, 2.75) is 57.2 Å². The van der Waals surface area contributed by atoms with Crippen molar-refractivity contribution >= 4 is 17.8 Å². The number of hydrogen-bond acceptors (Lipinski definition) is 5. The molecule has 3 rings (SSSR count). The van der Waals surface area contributed by atoms with E-state index >= 15 is 0 Å². The van der Waals surface area contributed by atoms with E-state index in [-0.39, 0.29) is 43.1 Å². The highest BCUT2D eigenvalue weighted by molar-refractivity contribution is 5.82. The van der Waals surface area contributed by atoms with Crippen molar-refractivity contribution in [2.24, 2.45) is 0 Å². The molecule has 7 nitrogen and oxygen atoms in total. The number of ketones is 1. The van der Waals surface area contributed by atoms with Gasteiger partial charge in [0.1, 0.15) is 19.0 Å². The number of nitrogens with zero attached hydrogens (tertiary/aromatic N) is 2. The van der Waals surface area contributed by atoms with E-state index < -0.39 is 0 Å². The SMILES string of the molecule is COCC(=O)N(C1CCN(C(=O)OCc2ccccc2)CC1)[C@@H]1CCCC(=O)C1. The van der Waals surface area contributed by atoms with E-state index in [1.165, 1.54) is 7.11 Å². The van der Waals surface area contributed by atoms with Crippen LogP contribution in [0.1, 0.15) is 44.1 Å². The number of piperidine rings is 1. The fourth-order valence-electron chi connectivity index (χ4n) is 4.28. The highest BCUT2D eigenvalue weighted by Gasteiger charge is 2.36. The Kier molecular flexibility index (Phi) is 7.63. The molecule has 1 atom stereocenters. The lowest BCUT2D eigenvalue weighted by Crippen LogP contribution is -2.54. The van der Waals surface area contributed by atoms with E-state index in [9.17, 15) is 14.4 Å². The summed E-state index contributed by atoms with van der Waals surface area (Å²) in [5, 5.41) is 0. The van der Waals surface area contributed by atoms with Crippen LogP contribution in [0.3, 0.4) is 0 Å². The zero-order chi connectivity index (χ0) is 20.6. The van der Waals surface area contributed by atoms with Gasteiger partial charge in [0.25, 0.3) is 0 Å². The minimum absolute atomic E-state index is 0.0179. The molecule has 1 aliphatic carbocycles. The molecule has 2 amide bonds. The van der Waals surface area contributed by atoms with Crippen LogP contribution in [0.5, 0.6) is 0 Å². The van der Waals surface area contributed by atoms with Gasteiger partial charge in [-0.15, -0.1) is 0 Å². The molecule has 2 aliphatic rings. The Bertz CT molecular complexity index is 700. The van der Waals surface area contributed by atoms with Crippen LogP contribution in [-0.4, -0.2) is 66.5 Å². The summed E-state index contributed by atoms with van der Waals surface area (Å²) in [5.41, 5.74) is 0.953. The van der Waals surface area contributed by atoms with Gasteiger partial charge < -0.3 is 19.3 Å². The molecule has 0 spiro atoms. The topological polar surface area (TPSA) is 76.2 Å². The average Bonchev–Trinajstić information content (AvgIpc) is 2.74. The van der Waals surface area contributed by atoms with Crippen LogP contribution < -0.4 is 0 Å². The van der Waals surface area contributed by atoms with Gasteiger partial charge in [0.15, 0.2) is 0 Å². The quantitative estimate of drug-likeness (QED) is 0.731. The van der Waals surface area contributed by atoms with E-state index in [1.807, 2.05) is 35.2 Å². The van der Waals surface area contributed by atoms with Gasteiger partial charge in [-0.05, 0) is 31.2 Å². The predicted molar refractivity (Wildman–Crippen MR) is 107 cm³/mol. The number of ether oxygens (including phenoxy) is 2. The summed E-state index contributed by atoms with van der Waals surface area (Å²) < 4.78 is 10.5. The third-order valence-corrected chi connectivity index (χ3v) is 5.73. The smallest absolute Gasteiger partial charge is 0.410 e. The predicted octanol–water partition coefficient (Wildman–Crippen LogP) is 2.77. The van der Waals surface area contributed by atoms with Crippen LogP contribution in [0, 0.1) is 0 Å². The van der Waals surface area contributed by atoms with Gasteiger partial charge in [-0.3, -0.25) is 9.59 Å². The standard InChI is InChI=1S/C22H30N2O5/c1-28-16-21(26)24(19-8-5-9-20(25)14-19)18-10-12-23(13-11-18)22(27)29-15-17-6-3-2-4-7-17/h2-4,6-7,18-19H,5,8-16H2,1H3/t19-/m1/s1. The number of Topliss-reactive ketones (excluding diaryl/α,β-unsaturated/α-hetero) is 1. The summed E-state index contributed by atoms with van der Waals surface area (Å²) in [6, 6.07) is 9.56. The van der Waals surface area contributed by atoms with Crippen LogP contribution in [0.25, 0.3) is 0 Å². The van der Waals surface area contributed by atoms with Crippen LogP contribution in [0.4, 0.5) is 4.79 Å². The number of amides is 2. The molecule has 158 valence electrons. The first-order valence-electron chi connectivity index (χ1n) is 10.4. The number of methoxy groups -OCH3 is 1. The van der Waals surface area contributed by atoms with Crippen molar-refractivity contribution in [3.63, 3.8) is 0 Å². The first kappa shape index (κ1) is 21.3. The maximum Gasteiger partial charge on any atom is 0.410 e. The minimum atomic E-state index is -0.324. The van der Waals surface area contributed by atoms with Gasteiger partial charge in [0.05, 0.1) is 0 Å². The maximum atomic E-state index is 12.7. The molecular weight excluding hydrogens is 372 g/mol. The molecule has 1 aromatic rings. The number of likely N-dealkylation sites (tertiary alicyclic amines) is 1. The second-order valence-electron chi connectivity index (χ2n) is 7.78. The Labute approximate surface area is 171 Å². The maximum absolute atomic E-state index is 12.7. The molecule has 2 fully saturated rings. The van der Waals surface area contributed by atoms with Crippen LogP contribution in [0.2, 0.25) is 0 Å². The number of rotatable bonds is 6. The van der Waals surface area contributed by atoms with Gasteiger partial charge in [0, 0.05) is 45.1 Å². The Morgan fingerprint density at radius 1 is 1.10 bits per heavy atom. The zero-order valence-corrected chi connectivity index (χ0v) is 17.0. The van der Waals surface area contributed by atoms with Gasteiger partial charge in [-0.25, -0.2) is 4.79 Å². The summed E-state index contributed by atoms with van der Waals surface area (Å²) in [6.07, 6.45) is 3.74. The molecule has 7 heteroatoms. The summed E-state index contributed by atoms with van der Waals surface area (Å²) in [6.45, 7) is 1.34. The lowest BCUT2D eigenvalue weighted by molar-refractivity contribution is -0.143. The monoisotopic (exact) mass is 402 g/mol. The molecular formula is C22H30N2O5. The number of benzene rings is 1. The Morgan fingerprint density at radius 3 is 2.48 bits per heavy atom. The Morgan fingerprint density at radius 2 is 1.83 bits per heavy atom. The van der Waals surface area contributed by atoms with Gasteiger partial charge in [0.2, 0.25) is 5.91 Å². The molecule has 0 N–H and O–H groups in total. The van der Waals surface area contributed by atoms with Crippen molar-refractivity contribution in [1.82, 2.24) is 9.80 Å². The number of hydrogen-bond donors (Lipinski definition) is 0. The van der Waals surface area contributed by atoms with Crippen LogP contribution in [0.15, 0.2) is 30.3 Å². The summed E-state index contributed by atoms with van der Waals surface area (Å²) in [7, 11) is 1.51. The molecule has 1 heterocycles. The molecule has 1 aliphatic heterocycles. The van der Waals surface area contributed by atoms with E-state index in [1.54, 1.807) is 4.90 Å². The third-order valence-electron chi connectivity index (χ3n) is 5.73. The normalized spacial score (nSPS) is 20.4. The molecule has 0 aromatic heterocycles. The third kappa shape index (κ3) is 5.79. The lowest BCUT2D eigenvalue weighted by atomic mass is 9.90. The van der Waals surface area contributed by atoms with Crippen LogP contribution in [-0.2, 0) is 25.7 Å². The minimum Gasteiger partial charge on any atom is -0.445 e. The zero-order valence-electron chi connectivity index (χ0n) is 17.0. The molecule has 1 saturated carbocycles. The van der Waals surface area contributed by atoms with Crippen molar-refractivity contribution in [2.75, 3.05) is 26.8 Å². The highest BCUT2D eigenvalue weighted by atomic mass is 16.6. The Hall–Kier alpha value is -2.41.